The molecule has 1 saturated heterocycles. The number of hydrogen-bond acceptors (Lipinski definition) is 2. The van der Waals surface area contributed by atoms with Crippen LogP contribution in [0.1, 0.15) is 38.3 Å². The van der Waals surface area contributed by atoms with E-state index in [0.29, 0.717) is 12.0 Å². The Morgan fingerprint density at radius 1 is 1.21 bits per heavy atom. The van der Waals surface area contributed by atoms with E-state index >= 15 is 0 Å². The van der Waals surface area contributed by atoms with Crippen LogP contribution in [0.2, 0.25) is 0 Å². The topological polar surface area (TPSA) is 12.5 Å². The van der Waals surface area contributed by atoms with Crippen LogP contribution in [0.25, 0.3) is 0 Å². The minimum absolute atomic E-state index is 0.159. The molecule has 3 heteroatoms. The molecule has 2 unspecified atom stereocenters. The lowest BCUT2D eigenvalue weighted by atomic mass is 9.93. The standard InChI is InChI=1S/C16H24FNO/c1-3-13(2)12-16(18-8-10-19-11-9-18)14-4-6-15(17)7-5-14/h4-7,13,16H,3,8-12H2,1-2H3. The van der Waals surface area contributed by atoms with E-state index in [1.807, 2.05) is 12.1 Å². The average Bonchev–Trinajstić information content (AvgIpc) is 2.46. The molecule has 1 aliphatic heterocycles. The zero-order chi connectivity index (χ0) is 13.7. The number of morpholine rings is 1. The quantitative estimate of drug-likeness (QED) is 0.806. The summed E-state index contributed by atoms with van der Waals surface area (Å²) in [7, 11) is 0. The lowest BCUT2D eigenvalue weighted by Crippen LogP contribution is -2.39. The van der Waals surface area contributed by atoms with Crippen molar-refractivity contribution in [2.75, 3.05) is 26.3 Å². The predicted molar refractivity (Wildman–Crippen MR) is 75.6 cm³/mol. The minimum Gasteiger partial charge on any atom is -0.379 e. The summed E-state index contributed by atoms with van der Waals surface area (Å²) in [6, 6.07) is 7.38. The van der Waals surface area contributed by atoms with Gasteiger partial charge in [0.1, 0.15) is 5.82 Å². The van der Waals surface area contributed by atoms with Crippen LogP contribution >= 0.6 is 0 Å². The van der Waals surface area contributed by atoms with Crippen LogP contribution in [0.4, 0.5) is 4.39 Å². The number of nitrogens with zero attached hydrogens (tertiary/aromatic N) is 1. The average molecular weight is 265 g/mol. The van der Waals surface area contributed by atoms with E-state index < -0.39 is 0 Å². The second-order valence-electron chi connectivity index (χ2n) is 5.46. The first kappa shape index (κ1) is 14.5. The van der Waals surface area contributed by atoms with Crippen molar-refractivity contribution in [3.8, 4) is 0 Å². The van der Waals surface area contributed by atoms with Crippen molar-refractivity contribution in [2.24, 2.45) is 5.92 Å². The van der Waals surface area contributed by atoms with Crippen molar-refractivity contribution in [3.63, 3.8) is 0 Å². The molecule has 2 atom stereocenters. The molecule has 0 aliphatic carbocycles. The number of hydrogen-bond donors (Lipinski definition) is 0. The third-order valence-electron chi connectivity index (χ3n) is 4.06. The van der Waals surface area contributed by atoms with E-state index in [4.69, 9.17) is 4.74 Å². The minimum atomic E-state index is -0.159. The molecule has 0 N–H and O–H groups in total. The fourth-order valence-corrected chi connectivity index (χ4v) is 2.62. The van der Waals surface area contributed by atoms with Crippen LogP contribution in [0.15, 0.2) is 24.3 Å². The molecule has 1 aromatic rings. The zero-order valence-electron chi connectivity index (χ0n) is 11.9. The van der Waals surface area contributed by atoms with Gasteiger partial charge in [-0.25, -0.2) is 4.39 Å². The number of rotatable bonds is 5. The predicted octanol–water partition coefficient (Wildman–Crippen LogP) is 3.64. The Morgan fingerprint density at radius 2 is 1.84 bits per heavy atom. The van der Waals surface area contributed by atoms with E-state index in [0.717, 1.165) is 32.7 Å². The Balaban J connectivity index is 2.14. The fraction of sp³-hybridized carbons (Fsp3) is 0.625. The number of benzene rings is 1. The summed E-state index contributed by atoms with van der Waals surface area (Å²) in [6.45, 7) is 8.07. The molecule has 0 amide bonds. The summed E-state index contributed by atoms with van der Waals surface area (Å²) in [5.41, 5.74) is 1.23. The molecule has 0 aromatic heterocycles. The number of ether oxygens (including phenoxy) is 1. The van der Waals surface area contributed by atoms with E-state index in [9.17, 15) is 4.39 Å². The summed E-state index contributed by atoms with van der Waals surface area (Å²) in [5.74, 6) is 0.519. The molecule has 1 fully saturated rings. The highest BCUT2D eigenvalue weighted by Gasteiger charge is 2.23. The molecule has 0 spiro atoms. The fourth-order valence-electron chi connectivity index (χ4n) is 2.62. The smallest absolute Gasteiger partial charge is 0.123 e. The third kappa shape index (κ3) is 4.02. The zero-order valence-corrected chi connectivity index (χ0v) is 11.9. The Bertz CT molecular complexity index is 373. The van der Waals surface area contributed by atoms with Gasteiger partial charge >= 0.3 is 0 Å². The lowest BCUT2D eigenvalue weighted by Gasteiger charge is -2.36. The van der Waals surface area contributed by atoms with Crippen molar-refractivity contribution in [1.29, 1.82) is 0 Å². The summed E-state index contributed by atoms with van der Waals surface area (Å²) in [4.78, 5) is 2.48. The molecule has 1 aliphatic rings. The van der Waals surface area contributed by atoms with Gasteiger partial charge in [-0.05, 0) is 30.0 Å². The van der Waals surface area contributed by atoms with Crippen LogP contribution in [-0.2, 0) is 4.74 Å². The first-order valence-corrected chi connectivity index (χ1v) is 7.28. The molecule has 106 valence electrons. The van der Waals surface area contributed by atoms with Crippen molar-refractivity contribution < 1.29 is 9.13 Å². The molecule has 0 saturated carbocycles. The highest BCUT2D eigenvalue weighted by molar-refractivity contribution is 5.20. The van der Waals surface area contributed by atoms with Gasteiger partial charge in [0.2, 0.25) is 0 Å². The molecule has 0 radical (unpaired) electrons. The van der Waals surface area contributed by atoms with Gasteiger partial charge in [-0.1, -0.05) is 32.4 Å². The highest BCUT2D eigenvalue weighted by atomic mass is 19.1. The summed E-state index contributed by atoms with van der Waals surface area (Å²) in [6.07, 6.45) is 2.31. The van der Waals surface area contributed by atoms with Gasteiger partial charge in [0.15, 0.2) is 0 Å². The van der Waals surface area contributed by atoms with Crippen molar-refractivity contribution in [3.05, 3.63) is 35.6 Å². The van der Waals surface area contributed by atoms with Gasteiger partial charge in [-0.15, -0.1) is 0 Å². The van der Waals surface area contributed by atoms with Crippen molar-refractivity contribution in [1.82, 2.24) is 4.90 Å². The first-order valence-electron chi connectivity index (χ1n) is 7.28. The third-order valence-corrected chi connectivity index (χ3v) is 4.06. The number of halogens is 1. The second kappa shape index (κ2) is 7.01. The monoisotopic (exact) mass is 265 g/mol. The largest absolute Gasteiger partial charge is 0.379 e. The molecular weight excluding hydrogens is 241 g/mol. The SMILES string of the molecule is CCC(C)CC(c1ccc(F)cc1)N1CCOCC1. The Morgan fingerprint density at radius 3 is 2.42 bits per heavy atom. The lowest BCUT2D eigenvalue weighted by molar-refractivity contribution is 0.0110. The van der Waals surface area contributed by atoms with Crippen LogP contribution in [-0.4, -0.2) is 31.2 Å². The van der Waals surface area contributed by atoms with Gasteiger partial charge in [-0.2, -0.15) is 0 Å². The molecule has 1 aromatic carbocycles. The summed E-state index contributed by atoms with van der Waals surface area (Å²) >= 11 is 0. The molecule has 19 heavy (non-hydrogen) atoms. The van der Waals surface area contributed by atoms with Crippen LogP contribution in [0, 0.1) is 11.7 Å². The van der Waals surface area contributed by atoms with Crippen molar-refractivity contribution >= 4 is 0 Å². The van der Waals surface area contributed by atoms with Gasteiger partial charge < -0.3 is 4.74 Å². The molecule has 2 nitrogen and oxygen atoms in total. The maximum Gasteiger partial charge on any atom is 0.123 e. The van der Waals surface area contributed by atoms with E-state index in [2.05, 4.69) is 18.7 Å². The van der Waals surface area contributed by atoms with Gasteiger partial charge in [0, 0.05) is 19.1 Å². The first-order chi connectivity index (χ1) is 9.20. The van der Waals surface area contributed by atoms with Gasteiger partial charge in [-0.3, -0.25) is 4.90 Å². The van der Waals surface area contributed by atoms with Gasteiger partial charge in [0.25, 0.3) is 0 Å². The summed E-state index contributed by atoms with van der Waals surface area (Å²) < 4.78 is 18.5. The van der Waals surface area contributed by atoms with E-state index in [-0.39, 0.29) is 5.82 Å². The second-order valence-corrected chi connectivity index (χ2v) is 5.46. The van der Waals surface area contributed by atoms with E-state index in [1.54, 1.807) is 12.1 Å². The van der Waals surface area contributed by atoms with Crippen LogP contribution in [0.3, 0.4) is 0 Å². The molecule has 1 heterocycles. The molecular formula is C16H24FNO. The van der Waals surface area contributed by atoms with Crippen LogP contribution in [0.5, 0.6) is 0 Å². The molecule has 0 bridgehead atoms. The highest BCUT2D eigenvalue weighted by Crippen LogP contribution is 2.29. The Hall–Kier alpha value is -0.930. The van der Waals surface area contributed by atoms with Crippen LogP contribution < -0.4 is 0 Å². The Kier molecular flexibility index (Phi) is 5.34. The summed E-state index contributed by atoms with van der Waals surface area (Å²) in [5, 5.41) is 0. The Labute approximate surface area is 115 Å². The normalized spacial score (nSPS) is 20.2. The molecule has 2 rings (SSSR count). The van der Waals surface area contributed by atoms with Crippen molar-refractivity contribution in [2.45, 2.75) is 32.7 Å². The maximum absolute atomic E-state index is 13.1. The maximum atomic E-state index is 13.1. The van der Waals surface area contributed by atoms with Gasteiger partial charge in [0.05, 0.1) is 13.2 Å². The van der Waals surface area contributed by atoms with E-state index in [1.165, 1.54) is 12.0 Å².